The molecule has 0 aliphatic heterocycles. The zero-order chi connectivity index (χ0) is 14.8. The van der Waals surface area contributed by atoms with Crippen LogP contribution in [0.1, 0.15) is 50.8 Å². The lowest BCUT2D eigenvalue weighted by Gasteiger charge is -2.33. The number of furan rings is 1. The van der Waals surface area contributed by atoms with Crippen LogP contribution < -0.4 is 5.32 Å². The third-order valence-electron chi connectivity index (χ3n) is 5.00. The van der Waals surface area contributed by atoms with Gasteiger partial charge in [-0.1, -0.05) is 38.3 Å². The maximum atomic E-state index is 6.16. The summed E-state index contributed by atoms with van der Waals surface area (Å²) in [5, 5.41) is 4.69. The summed E-state index contributed by atoms with van der Waals surface area (Å²) in [6.07, 6.45) is 6.68. The highest BCUT2D eigenvalue weighted by atomic mass is 79.9. The van der Waals surface area contributed by atoms with E-state index in [1.165, 1.54) is 37.5 Å². The highest BCUT2D eigenvalue weighted by Crippen LogP contribution is 2.40. The van der Waals surface area contributed by atoms with Crippen molar-refractivity contribution in [2.24, 2.45) is 11.8 Å². The van der Waals surface area contributed by atoms with Gasteiger partial charge in [-0.2, -0.15) is 0 Å². The first-order valence-electron chi connectivity index (χ1n) is 8.08. The van der Waals surface area contributed by atoms with Crippen LogP contribution >= 0.6 is 15.9 Å². The molecular formula is C18H24BrNO. The van der Waals surface area contributed by atoms with Crippen molar-refractivity contribution in [3.63, 3.8) is 0 Å². The maximum Gasteiger partial charge on any atom is 0.148 e. The Hall–Kier alpha value is -0.800. The van der Waals surface area contributed by atoms with Crippen molar-refractivity contribution in [1.29, 1.82) is 0 Å². The first-order chi connectivity index (χ1) is 10.2. The number of benzene rings is 1. The van der Waals surface area contributed by atoms with Crippen LogP contribution in [-0.4, -0.2) is 7.05 Å². The van der Waals surface area contributed by atoms with Gasteiger partial charge < -0.3 is 9.73 Å². The Labute approximate surface area is 135 Å². The molecule has 0 bridgehead atoms. The Morgan fingerprint density at radius 1 is 1.38 bits per heavy atom. The normalized spacial score (nSPS) is 24.3. The fourth-order valence-corrected chi connectivity index (χ4v) is 4.28. The lowest BCUT2D eigenvalue weighted by atomic mass is 9.76. The first kappa shape index (κ1) is 15.1. The lowest BCUT2D eigenvalue weighted by Crippen LogP contribution is -2.29. The monoisotopic (exact) mass is 349 g/mol. The minimum absolute atomic E-state index is 0.332. The number of hydrogen-bond acceptors (Lipinski definition) is 2. The van der Waals surface area contributed by atoms with Gasteiger partial charge in [-0.3, -0.25) is 0 Å². The van der Waals surface area contributed by atoms with Crippen LogP contribution in [0.25, 0.3) is 11.0 Å². The molecule has 1 aromatic carbocycles. The molecule has 1 N–H and O–H groups in total. The third kappa shape index (κ3) is 3.04. The summed E-state index contributed by atoms with van der Waals surface area (Å²) in [5.41, 5.74) is 0.968. The number of rotatable bonds is 4. The predicted molar refractivity (Wildman–Crippen MR) is 91.5 cm³/mol. The van der Waals surface area contributed by atoms with E-state index >= 15 is 0 Å². The molecule has 0 saturated heterocycles. The van der Waals surface area contributed by atoms with Gasteiger partial charge in [-0.05, 0) is 59.8 Å². The molecule has 0 spiro atoms. The average molecular weight is 350 g/mol. The number of hydrogen-bond donors (Lipinski definition) is 1. The Bertz CT molecular complexity index is 606. The third-order valence-corrected chi connectivity index (χ3v) is 5.63. The van der Waals surface area contributed by atoms with Crippen molar-refractivity contribution in [1.82, 2.24) is 5.32 Å². The van der Waals surface area contributed by atoms with Crippen molar-refractivity contribution in [3.8, 4) is 0 Å². The molecule has 3 unspecified atom stereocenters. The van der Waals surface area contributed by atoms with E-state index in [0.29, 0.717) is 12.0 Å². The molecule has 0 radical (unpaired) electrons. The van der Waals surface area contributed by atoms with Crippen LogP contribution in [0.2, 0.25) is 0 Å². The largest absolute Gasteiger partial charge is 0.458 e. The van der Waals surface area contributed by atoms with Crippen LogP contribution in [-0.2, 0) is 0 Å². The van der Waals surface area contributed by atoms with Crippen LogP contribution in [0.3, 0.4) is 0 Å². The molecular weight excluding hydrogens is 326 g/mol. The maximum absolute atomic E-state index is 6.16. The van der Waals surface area contributed by atoms with E-state index < -0.39 is 0 Å². The van der Waals surface area contributed by atoms with E-state index in [1.54, 1.807) is 0 Å². The highest BCUT2D eigenvalue weighted by Gasteiger charge is 2.30. The van der Waals surface area contributed by atoms with Gasteiger partial charge in [0.2, 0.25) is 0 Å². The van der Waals surface area contributed by atoms with Gasteiger partial charge in [0.1, 0.15) is 11.3 Å². The molecule has 3 rings (SSSR count). The molecule has 1 saturated carbocycles. The summed E-state index contributed by atoms with van der Waals surface area (Å²) in [6, 6.07) is 8.76. The second kappa shape index (κ2) is 6.53. The van der Waals surface area contributed by atoms with E-state index in [9.17, 15) is 0 Å². The van der Waals surface area contributed by atoms with Crippen molar-refractivity contribution < 1.29 is 4.42 Å². The first-order valence-corrected chi connectivity index (χ1v) is 8.87. The number of halogens is 1. The Morgan fingerprint density at radius 2 is 2.24 bits per heavy atom. The van der Waals surface area contributed by atoms with Gasteiger partial charge in [0.15, 0.2) is 0 Å². The molecule has 21 heavy (non-hydrogen) atoms. The Balaban J connectivity index is 1.89. The summed E-state index contributed by atoms with van der Waals surface area (Å²) in [4.78, 5) is 0. The minimum atomic E-state index is 0.332. The van der Waals surface area contributed by atoms with Crippen LogP contribution in [0.15, 0.2) is 33.2 Å². The number of fused-ring (bicyclic) bond motifs is 1. The average Bonchev–Trinajstić information content (AvgIpc) is 2.93. The smallest absolute Gasteiger partial charge is 0.148 e. The molecule has 1 fully saturated rings. The van der Waals surface area contributed by atoms with Gasteiger partial charge >= 0.3 is 0 Å². The Morgan fingerprint density at radius 3 is 2.95 bits per heavy atom. The zero-order valence-electron chi connectivity index (χ0n) is 12.9. The van der Waals surface area contributed by atoms with Gasteiger partial charge in [0, 0.05) is 5.39 Å². The molecule has 3 heteroatoms. The summed E-state index contributed by atoms with van der Waals surface area (Å²) in [5.74, 6) is 2.66. The molecule has 1 aliphatic rings. The molecule has 114 valence electrons. The quantitative estimate of drug-likeness (QED) is 0.768. The van der Waals surface area contributed by atoms with Gasteiger partial charge in [0.05, 0.1) is 10.5 Å². The number of para-hydroxylation sites is 1. The van der Waals surface area contributed by atoms with Crippen molar-refractivity contribution in [2.45, 2.75) is 45.1 Å². The van der Waals surface area contributed by atoms with Crippen LogP contribution in [0.4, 0.5) is 0 Å². The van der Waals surface area contributed by atoms with E-state index in [1.807, 2.05) is 6.07 Å². The molecule has 2 nitrogen and oxygen atoms in total. The molecule has 1 aromatic heterocycles. The minimum Gasteiger partial charge on any atom is -0.458 e. The van der Waals surface area contributed by atoms with E-state index in [-0.39, 0.29) is 0 Å². The second-order valence-corrected chi connectivity index (χ2v) is 7.13. The summed E-state index contributed by atoms with van der Waals surface area (Å²) < 4.78 is 7.20. The van der Waals surface area contributed by atoms with E-state index in [2.05, 4.69) is 53.4 Å². The van der Waals surface area contributed by atoms with Crippen molar-refractivity contribution in [2.75, 3.05) is 7.05 Å². The highest BCUT2D eigenvalue weighted by molar-refractivity contribution is 9.10. The van der Waals surface area contributed by atoms with E-state index in [4.69, 9.17) is 4.42 Å². The van der Waals surface area contributed by atoms with Crippen LogP contribution in [0.5, 0.6) is 0 Å². The number of nitrogens with one attached hydrogen (secondary N) is 1. The molecule has 0 amide bonds. The van der Waals surface area contributed by atoms with E-state index in [0.717, 1.165) is 21.7 Å². The van der Waals surface area contributed by atoms with Crippen molar-refractivity contribution >= 4 is 26.9 Å². The summed E-state index contributed by atoms with van der Waals surface area (Å²) >= 11 is 3.58. The van der Waals surface area contributed by atoms with Gasteiger partial charge in [0.25, 0.3) is 0 Å². The molecule has 1 aliphatic carbocycles. The van der Waals surface area contributed by atoms with Crippen molar-refractivity contribution in [3.05, 3.63) is 34.5 Å². The molecule has 1 heterocycles. The predicted octanol–water partition coefficient (Wildman–Crippen LogP) is 5.67. The standard InChI is InChI=1S/C18H24BrNO/c1-3-12-6-4-7-13(10-12)17(20-2)16-11-14-8-5-9-15(19)18(14)21-16/h5,8-9,11-13,17,20H,3-4,6-7,10H2,1-2H3. The van der Waals surface area contributed by atoms with Gasteiger partial charge in [-0.25, -0.2) is 0 Å². The fourth-order valence-electron chi connectivity index (χ4n) is 3.82. The topological polar surface area (TPSA) is 25.2 Å². The lowest BCUT2D eigenvalue weighted by molar-refractivity contribution is 0.201. The SMILES string of the molecule is CCC1CCCC(C(NC)c2cc3cccc(Br)c3o2)C1. The summed E-state index contributed by atoms with van der Waals surface area (Å²) in [7, 11) is 2.06. The Kier molecular flexibility index (Phi) is 4.70. The molecule has 2 aromatic rings. The second-order valence-electron chi connectivity index (χ2n) is 6.27. The van der Waals surface area contributed by atoms with Crippen LogP contribution in [0, 0.1) is 11.8 Å². The van der Waals surface area contributed by atoms with Gasteiger partial charge in [-0.15, -0.1) is 0 Å². The zero-order valence-corrected chi connectivity index (χ0v) is 14.4. The summed E-state index contributed by atoms with van der Waals surface area (Å²) in [6.45, 7) is 2.32. The molecule has 3 atom stereocenters. The fraction of sp³-hybridized carbons (Fsp3) is 0.556.